The topological polar surface area (TPSA) is 103 Å². The lowest BCUT2D eigenvalue weighted by Crippen LogP contribution is -2.53. The van der Waals surface area contributed by atoms with E-state index in [4.69, 9.17) is 4.74 Å². The van der Waals surface area contributed by atoms with Crippen LogP contribution in [0.1, 0.15) is 32.1 Å². The number of aliphatic hydroxyl groups excluding tert-OH is 1. The number of hydrogen-bond acceptors (Lipinski definition) is 7. The molecule has 1 heterocycles. The second-order valence-electron chi connectivity index (χ2n) is 9.66. The molecule has 3 rings (SSSR count). The van der Waals surface area contributed by atoms with E-state index in [9.17, 15) is 14.7 Å². The zero-order valence-corrected chi connectivity index (χ0v) is 21.7. The Kier molecular flexibility index (Phi) is 12.3. The summed E-state index contributed by atoms with van der Waals surface area (Å²) in [7, 11) is 1.60. The average Bonchev–Trinajstić information content (AvgIpc) is 2.88. The molecule has 9 heteroatoms. The van der Waals surface area contributed by atoms with Crippen molar-refractivity contribution in [1.29, 1.82) is 0 Å². The van der Waals surface area contributed by atoms with Crippen LogP contribution >= 0.6 is 11.8 Å². The number of hydrogen-bond donors (Lipinski definition) is 4. The number of thioether (sulfide) groups is 1. The Morgan fingerprint density at radius 2 is 1.89 bits per heavy atom. The molecule has 4 atom stereocenters. The summed E-state index contributed by atoms with van der Waals surface area (Å²) in [6.45, 7) is 3.71. The zero-order valence-electron chi connectivity index (χ0n) is 20.9. The van der Waals surface area contributed by atoms with Gasteiger partial charge in [0, 0.05) is 37.4 Å². The van der Waals surface area contributed by atoms with E-state index in [1.165, 1.54) is 32.1 Å². The first-order chi connectivity index (χ1) is 17.0. The van der Waals surface area contributed by atoms with Crippen LogP contribution in [0.3, 0.4) is 0 Å². The number of nitrogens with one attached hydrogen (secondary N) is 3. The second kappa shape index (κ2) is 15.5. The van der Waals surface area contributed by atoms with Crippen molar-refractivity contribution in [2.45, 2.75) is 49.1 Å². The zero-order chi connectivity index (χ0) is 24.9. The minimum absolute atomic E-state index is 0.114. The van der Waals surface area contributed by atoms with Crippen LogP contribution in [0.4, 0.5) is 0 Å². The lowest BCUT2D eigenvalue weighted by Gasteiger charge is -2.42. The predicted molar refractivity (Wildman–Crippen MR) is 139 cm³/mol. The average molecular weight is 507 g/mol. The molecule has 1 aliphatic heterocycles. The highest BCUT2D eigenvalue weighted by Crippen LogP contribution is 2.36. The molecule has 2 amide bonds. The van der Waals surface area contributed by atoms with E-state index in [2.05, 4.69) is 20.9 Å². The van der Waals surface area contributed by atoms with Crippen LogP contribution in [0.2, 0.25) is 0 Å². The Morgan fingerprint density at radius 1 is 1.11 bits per heavy atom. The van der Waals surface area contributed by atoms with E-state index in [0.29, 0.717) is 25.4 Å². The van der Waals surface area contributed by atoms with Gasteiger partial charge in [0.1, 0.15) is 0 Å². The number of nitrogens with zero attached hydrogens (tertiary/aromatic N) is 1. The third-order valence-electron chi connectivity index (χ3n) is 7.02. The van der Waals surface area contributed by atoms with E-state index in [0.717, 1.165) is 29.8 Å². The van der Waals surface area contributed by atoms with Gasteiger partial charge < -0.3 is 30.7 Å². The summed E-state index contributed by atoms with van der Waals surface area (Å²) in [4.78, 5) is 28.1. The molecule has 0 radical (unpaired) electrons. The lowest BCUT2D eigenvalue weighted by molar-refractivity contribution is -0.126. The van der Waals surface area contributed by atoms with Gasteiger partial charge in [-0.2, -0.15) is 0 Å². The fourth-order valence-electron chi connectivity index (χ4n) is 5.06. The number of rotatable bonds is 14. The molecule has 1 aromatic carbocycles. The van der Waals surface area contributed by atoms with Crippen molar-refractivity contribution in [2.75, 3.05) is 58.7 Å². The van der Waals surface area contributed by atoms with Crippen LogP contribution < -0.4 is 16.0 Å². The highest BCUT2D eigenvalue weighted by atomic mass is 32.2. The monoisotopic (exact) mass is 506 g/mol. The smallest absolute Gasteiger partial charge is 0.239 e. The van der Waals surface area contributed by atoms with Crippen molar-refractivity contribution in [1.82, 2.24) is 20.9 Å². The number of amides is 2. The van der Waals surface area contributed by atoms with Crippen LogP contribution in [0.5, 0.6) is 0 Å². The van der Waals surface area contributed by atoms with Gasteiger partial charge >= 0.3 is 0 Å². The molecular weight excluding hydrogens is 464 g/mol. The Bertz CT molecular complexity index is 769. The highest BCUT2D eigenvalue weighted by Gasteiger charge is 2.33. The number of methoxy groups -OCH3 is 1. The van der Waals surface area contributed by atoms with Gasteiger partial charge in [0.15, 0.2) is 0 Å². The van der Waals surface area contributed by atoms with Crippen LogP contribution in [0.15, 0.2) is 35.2 Å². The number of likely N-dealkylation sites (tertiary alicyclic amines) is 1. The number of piperidine rings is 1. The maximum Gasteiger partial charge on any atom is 0.239 e. The molecule has 0 aromatic heterocycles. The molecule has 1 saturated heterocycles. The van der Waals surface area contributed by atoms with Crippen LogP contribution in [-0.2, 0) is 14.3 Å². The number of carbonyl (C=O) groups excluding carboxylic acids is 2. The maximum atomic E-state index is 12.6. The summed E-state index contributed by atoms with van der Waals surface area (Å²) in [6.07, 6.45) is 5.84. The van der Waals surface area contributed by atoms with Crippen molar-refractivity contribution >= 4 is 23.6 Å². The number of ether oxygens (including phenoxy) is 1. The molecule has 0 bridgehead atoms. The van der Waals surface area contributed by atoms with Gasteiger partial charge in [0.05, 0.1) is 31.8 Å². The summed E-state index contributed by atoms with van der Waals surface area (Å²) < 4.78 is 4.94. The van der Waals surface area contributed by atoms with Gasteiger partial charge in [-0.05, 0) is 43.4 Å². The van der Waals surface area contributed by atoms with E-state index < -0.39 is 12.1 Å². The molecule has 4 N–H and O–H groups in total. The molecule has 2 aliphatic rings. The fourth-order valence-corrected chi connectivity index (χ4v) is 6.09. The summed E-state index contributed by atoms with van der Waals surface area (Å²) >= 11 is 1.62. The number of β-amino-alcohol motifs (C(OH)–C–C–N with tert-alkyl or cyclic N) is 1. The van der Waals surface area contributed by atoms with Gasteiger partial charge in [-0.1, -0.05) is 37.5 Å². The third kappa shape index (κ3) is 10.1. The summed E-state index contributed by atoms with van der Waals surface area (Å²) in [5.74, 6) is 1.60. The van der Waals surface area contributed by atoms with Crippen molar-refractivity contribution in [3.63, 3.8) is 0 Å². The minimum Gasteiger partial charge on any atom is -0.390 e. The molecule has 1 aliphatic carbocycles. The van der Waals surface area contributed by atoms with Crippen molar-refractivity contribution in [2.24, 2.45) is 11.8 Å². The Hall–Kier alpha value is -1.65. The standard InChI is InChI=1S/C26H42N4O4S/c1-34-14-12-27-15-25(32)28-16-26(33)29-23(19-35-22-9-3-2-4-10-22)24(31)18-30-13-11-20-7-5-6-8-21(20)17-30/h2-4,9-10,20-21,23-24,27,31H,5-8,11-19H2,1H3,(H,28,32)(H,29,33)/t20-,21+,23-,24+/m0/s1. The van der Waals surface area contributed by atoms with Crippen molar-refractivity contribution < 1.29 is 19.4 Å². The van der Waals surface area contributed by atoms with Crippen LogP contribution in [0.25, 0.3) is 0 Å². The molecular formula is C26H42N4O4S. The van der Waals surface area contributed by atoms with Gasteiger partial charge in [-0.25, -0.2) is 0 Å². The highest BCUT2D eigenvalue weighted by molar-refractivity contribution is 7.99. The van der Waals surface area contributed by atoms with Crippen molar-refractivity contribution in [3.8, 4) is 0 Å². The maximum absolute atomic E-state index is 12.6. The predicted octanol–water partition coefficient (Wildman–Crippen LogP) is 1.49. The number of aliphatic hydroxyl groups is 1. The first kappa shape index (κ1) is 27.9. The molecule has 1 saturated carbocycles. The number of fused-ring (bicyclic) bond motifs is 1. The summed E-state index contributed by atoms with van der Waals surface area (Å²) in [6, 6.07) is 9.59. The van der Waals surface area contributed by atoms with Gasteiger partial charge in [0.2, 0.25) is 11.8 Å². The summed E-state index contributed by atoms with van der Waals surface area (Å²) in [5.41, 5.74) is 0. The fraction of sp³-hybridized carbons (Fsp3) is 0.692. The van der Waals surface area contributed by atoms with Crippen LogP contribution in [-0.4, -0.2) is 92.7 Å². The molecule has 2 fully saturated rings. The Balaban J connectivity index is 1.49. The van der Waals surface area contributed by atoms with E-state index in [1.54, 1.807) is 18.9 Å². The first-order valence-corrected chi connectivity index (χ1v) is 13.9. The number of benzene rings is 1. The first-order valence-electron chi connectivity index (χ1n) is 12.9. The summed E-state index contributed by atoms with van der Waals surface area (Å²) in [5, 5.41) is 19.7. The van der Waals surface area contributed by atoms with E-state index in [1.807, 2.05) is 30.3 Å². The van der Waals surface area contributed by atoms with Gasteiger partial charge in [-0.15, -0.1) is 11.8 Å². The minimum atomic E-state index is -0.679. The molecule has 35 heavy (non-hydrogen) atoms. The third-order valence-corrected chi connectivity index (χ3v) is 8.15. The molecule has 196 valence electrons. The van der Waals surface area contributed by atoms with Gasteiger partial charge in [-0.3, -0.25) is 9.59 Å². The molecule has 8 nitrogen and oxygen atoms in total. The van der Waals surface area contributed by atoms with Gasteiger partial charge in [0.25, 0.3) is 0 Å². The molecule has 1 aromatic rings. The largest absolute Gasteiger partial charge is 0.390 e. The van der Waals surface area contributed by atoms with Crippen molar-refractivity contribution in [3.05, 3.63) is 30.3 Å². The second-order valence-corrected chi connectivity index (χ2v) is 10.8. The normalized spacial score (nSPS) is 22.1. The Labute approximate surface area is 213 Å². The quantitative estimate of drug-likeness (QED) is 0.224. The Morgan fingerprint density at radius 3 is 2.66 bits per heavy atom. The number of carbonyl (C=O) groups is 2. The van der Waals surface area contributed by atoms with Crippen LogP contribution in [0, 0.1) is 11.8 Å². The SMILES string of the molecule is COCCNCC(=O)NCC(=O)N[C@@H](CSc1ccccc1)[C@H](O)CN1CC[C@@H]2CCCC[C@@H]2C1. The molecule has 0 unspecified atom stereocenters. The lowest BCUT2D eigenvalue weighted by atomic mass is 9.75. The van der Waals surface area contributed by atoms with E-state index in [-0.39, 0.29) is 24.9 Å². The molecule has 0 spiro atoms. The van der Waals surface area contributed by atoms with E-state index >= 15 is 0 Å².